The maximum absolute atomic E-state index is 13.0. The first-order valence-electron chi connectivity index (χ1n) is 9.27. The number of carbonyl (C=O) groups is 1. The summed E-state index contributed by atoms with van der Waals surface area (Å²) in [6.45, 7) is 4.62. The van der Waals surface area contributed by atoms with Crippen LogP contribution in [0.4, 0.5) is 0 Å². The SMILES string of the molecule is CCCN(CC(=O)N(Cc1ccccc1)Cc1cccn1C)S(=O)(=O)CC. The third-order valence-corrected chi connectivity index (χ3v) is 6.34. The predicted molar refractivity (Wildman–Crippen MR) is 107 cm³/mol. The molecule has 0 N–H and O–H groups in total. The van der Waals surface area contributed by atoms with E-state index in [-0.39, 0.29) is 18.2 Å². The Morgan fingerprint density at radius 1 is 1.04 bits per heavy atom. The molecule has 0 atom stereocenters. The van der Waals surface area contributed by atoms with E-state index in [0.717, 1.165) is 11.3 Å². The van der Waals surface area contributed by atoms with Crippen LogP contribution < -0.4 is 0 Å². The van der Waals surface area contributed by atoms with Crippen molar-refractivity contribution < 1.29 is 13.2 Å². The Labute approximate surface area is 162 Å². The van der Waals surface area contributed by atoms with Gasteiger partial charge in [0.25, 0.3) is 0 Å². The molecular formula is C20H29N3O3S. The van der Waals surface area contributed by atoms with Gasteiger partial charge in [0.15, 0.2) is 0 Å². The molecule has 1 heterocycles. The minimum absolute atomic E-state index is 0.00320. The average molecular weight is 392 g/mol. The van der Waals surface area contributed by atoms with Crippen LogP contribution in [0.25, 0.3) is 0 Å². The van der Waals surface area contributed by atoms with Crippen molar-refractivity contribution in [2.45, 2.75) is 33.4 Å². The number of rotatable bonds is 10. The van der Waals surface area contributed by atoms with Gasteiger partial charge in [-0.05, 0) is 31.0 Å². The first-order valence-corrected chi connectivity index (χ1v) is 10.9. The molecule has 0 spiro atoms. The van der Waals surface area contributed by atoms with E-state index in [9.17, 15) is 13.2 Å². The van der Waals surface area contributed by atoms with Crippen molar-refractivity contribution in [1.82, 2.24) is 13.8 Å². The summed E-state index contributed by atoms with van der Waals surface area (Å²) in [5, 5.41) is 0. The molecule has 0 fully saturated rings. The van der Waals surface area contributed by atoms with E-state index < -0.39 is 10.0 Å². The summed E-state index contributed by atoms with van der Waals surface area (Å²) in [4.78, 5) is 14.8. The molecule has 7 heteroatoms. The summed E-state index contributed by atoms with van der Waals surface area (Å²) in [6, 6.07) is 13.7. The first-order chi connectivity index (χ1) is 12.9. The van der Waals surface area contributed by atoms with E-state index in [2.05, 4.69) is 0 Å². The van der Waals surface area contributed by atoms with Crippen molar-refractivity contribution >= 4 is 15.9 Å². The molecule has 0 unspecified atom stereocenters. The second-order valence-electron chi connectivity index (χ2n) is 6.58. The first kappa shape index (κ1) is 21.2. The lowest BCUT2D eigenvalue weighted by atomic mass is 10.2. The monoisotopic (exact) mass is 391 g/mol. The molecule has 0 saturated carbocycles. The number of aromatic nitrogens is 1. The third-order valence-electron chi connectivity index (χ3n) is 4.52. The van der Waals surface area contributed by atoms with Crippen molar-refractivity contribution in [1.29, 1.82) is 0 Å². The zero-order valence-corrected chi connectivity index (χ0v) is 17.2. The van der Waals surface area contributed by atoms with Crippen LogP contribution in [0.2, 0.25) is 0 Å². The minimum atomic E-state index is -3.41. The highest BCUT2D eigenvalue weighted by Crippen LogP contribution is 2.13. The molecule has 0 aliphatic heterocycles. The van der Waals surface area contributed by atoms with Gasteiger partial charge in [0.1, 0.15) is 0 Å². The van der Waals surface area contributed by atoms with Crippen molar-refractivity contribution in [2.24, 2.45) is 7.05 Å². The Morgan fingerprint density at radius 3 is 2.30 bits per heavy atom. The molecule has 1 amide bonds. The zero-order valence-electron chi connectivity index (χ0n) is 16.3. The van der Waals surface area contributed by atoms with Gasteiger partial charge in [-0.15, -0.1) is 0 Å². The lowest BCUT2D eigenvalue weighted by Gasteiger charge is -2.27. The van der Waals surface area contributed by atoms with Crippen molar-refractivity contribution in [3.8, 4) is 0 Å². The van der Waals surface area contributed by atoms with Gasteiger partial charge in [-0.2, -0.15) is 4.31 Å². The lowest BCUT2D eigenvalue weighted by Crippen LogP contribution is -2.43. The number of aryl methyl sites for hydroxylation is 1. The molecule has 0 aliphatic carbocycles. The summed E-state index contributed by atoms with van der Waals surface area (Å²) in [6.07, 6.45) is 2.61. The summed E-state index contributed by atoms with van der Waals surface area (Å²) < 4.78 is 27.9. The quantitative estimate of drug-likeness (QED) is 0.625. The lowest BCUT2D eigenvalue weighted by molar-refractivity contribution is -0.132. The van der Waals surface area contributed by atoms with Gasteiger partial charge in [0.05, 0.1) is 18.8 Å². The maximum Gasteiger partial charge on any atom is 0.238 e. The van der Waals surface area contributed by atoms with Gasteiger partial charge in [-0.3, -0.25) is 4.79 Å². The second-order valence-corrected chi connectivity index (χ2v) is 8.84. The van der Waals surface area contributed by atoms with Gasteiger partial charge >= 0.3 is 0 Å². The predicted octanol–water partition coefficient (Wildman–Crippen LogP) is 2.62. The Balaban J connectivity index is 2.22. The number of hydrogen-bond acceptors (Lipinski definition) is 3. The van der Waals surface area contributed by atoms with Crippen LogP contribution in [0, 0.1) is 0 Å². The fourth-order valence-corrected chi connectivity index (χ4v) is 4.02. The number of benzene rings is 1. The number of amides is 1. The summed E-state index contributed by atoms with van der Waals surface area (Å²) in [7, 11) is -1.48. The summed E-state index contributed by atoms with van der Waals surface area (Å²) in [5.41, 5.74) is 2.01. The number of nitrogens with zero attached hydrogens (tertiary/aromatic N) is 3. The van der Waals surface area contributed by atoms with Gasteiger partial charge in [0, 0.05) is 32.0 Å². The van der Waals surface area contributed by atoms with Crippen LogP contribution >= 0.6 is 0 Å². The molecule has 1 aromatic heterocycles. The smallest absolute Gasteiger partial charge is 0.238 e. The molecule has 148 valence electrons. The average Bonchev–Trinajstić information content (AvgIpc) is 3.06. The summed E-state index contributed by atoms with van der Waals surface area (Å²) >= 11 is 0. The highest BCUT2D eigenvalue weighted by Gasteiger charge is 2.25. The van der Waals surface area contributed by atoms with E-state index in [1.807, 2.05) is 67.2 Å². The molecule has 2 aromatic rings. The van der Waals surface area contributed by atoms with Crippen LogP contribution in [0.5, 0.6) is 0 Å². The number of sulfonamides is 1. The van der Waals surface area contributed by atoms with Crippen LogP contribution in [0.3, 0.4) is 0 Å². The molecule has 0 bridgehead atoms. The Kier molecular flexibility index (Phi) is 7.62. The van der Waals surface area contributed by atoms with E-state index >= 15 is 0 Å². The Bertz CT molecular complexity index is 831. The highest BCUT2D eigenvalue weighted by atomic mass is 32.2. The Morgan fingerprint density at radius 2 is 1.74 bits per heavy atom. The molecule has 0 aliphatic rings. The van der Waals surface area contributed by atoms with Crippen LogP contribution in [0.15, 0.2) is 48.7 Å². The molecule has 0 radical (unpaired) electrons. The molecule has 6 nitrogen and oxygen atoms in total. The van der Waals surface area contributed by atoms with Gasteiger partial charge in [-0.25, -0.2) is 8.42 Å². The standard InChI is InChI=1S/C20H29N3O3S/c1-4-13-23(27(25,26)5-2)17-20(24)22(15-18-10-7-6-8-11-18)16-19-12-9-14-21(19)3/h6-12,14H,4-5,13,15-17H2,1-3H3. The van der Waals surface area contributed by atoms with Crippen molar-refractivity contribution in [3.05, 3.63) is 59.9 Å². The molecule has 1 aromatic carbocycles. The van der Waals surface area contributed by atoms with E-state index in [4.69, 9.17) is 0 Å². The fraction of sp³-hybridized carbons (Fsp3) is 0.450. The van der Waals surface area contributed by atoms with Crippen molar-refractivity contribution in [3.63, 3.8) is 0 Å². The molecule has 2 rings (SSSR count). The Hall–Kier alpha value is -2.12. The van der Waals surface area contributed by atoms with Gasteiger partial charge in [-0.1, -0.05) is 37.3 Å². The normalized spacial score (nSPS) is 11.7. The van der Waals surface area contributed by atoms with Crippen molar-refractivity contribution in [2.75, 3.05) is 18.8 Å². The topological polar surface area (TPSA) is 62.6 Å². The molecule has 0 saturated heterocycles. The fourth-order valence-electron chi connectivity index (χ4n) is 2.89. The minimum Gasteiger partial charge on any atom is -0.353 e. The molecule has 27 heavy (non-hydrogen) atoms. The van der Waals surface area contributed by atoms with E-state index in [1.54, 1.807) is 11.8 Å². The van der Waals surface area contributed by atoms with Crippen LogP contribution in [-0.4, -0.2) is 46.9 Å². The van der Waals surface area contributed by atoms with Gasteiger partial charge < -0.3 is 9.47 Å². The number of carbonyl (C=O) groups excluding carboxylic acids is 1. The largest absolute Gasteiger partial charge is 0.353 e. The van der Waals surface area contributed by atoms with Crippen LogP contribution in [-0.2, 0) is 35.0 Å². The maximum atomic E-state index is 13.0. The van der Waals surface area contributed by atoms with E-state index in [0.29, 0.717) is 26.1 Å². The zero-order chi connectivity index (χ0) is 19.9. The van der Waals surface area contributed by atoms with Gasteiger partial charge in [0.2, 0.25) is 15.9 Å². The number of hydrogen-bond donors (Lipinski definition) is 0. The summed E-state index contributed by atoms with van der Waals surface area (Å²) in [5.74, 6) is -0.193. The highest BCUT2D eigenvalue weighted by molar-refractivity contribution is 7.89. The van der Waals surface area contributed by atoms with E-state index in [1.165, 1.54) is 4.31 Å². The van der Waals surface area contributed by atoms with Crippen LogP contribution in [0.1, 0.15) is 31.5 Å². The second kappa shape index (κ2) is 9.71. The third kappa shape index (κ3) is 5.94. The molecular weight excluding hydrogens is 362 g/mol.